The number of rotatable bonds is 6. The first kappa shape index (κ1) is 14.3. The fourth-order valence-electron chi connectivity index (χ4n) is 1.61. The zero-order valence-corrected chi connectivity index (χ0v) is 11.9. The molecule has 2 rings (SSSR count). The molecule has 1 amide bonds. The monoisotopic (exact) mass is 289 g/mol. The maximum Gasteiger partial charge on any atom is 0.244 e. The lowest BCUT2D eigenvalue weighted by atomic mass is 10.3. The summed E-state index contributed by atoms with van der Waals surface area (Å²) in [5, 5.41) is 2.79. The van der Waals surface area contributed by atoms with E-state index in [1.165, 1.54) is 17.4 Å². The number of hydrogen-bond acceptors (Lipinski definition) is 4. The predicted molar refractivity (Wildman–Crippen MR) is 78.8 cm³/mol. The van der Waals surface area contributed by atoms with Crippen LogP contribution in [0.3, 0.4) is 0 Å². The molecule has 0 aliphatic heterocycles. The molecular formula is C15H15NO3S. The summed E-state index contributed by atoms with van der Waals surface area (Å²) in [5.41, 5.74) is 0. The van der Waals surface area contributed by atoms with Gasteiger partial charge in [0.1, 0.15) is 5.76 Å². The standard InChI is InChI=1S/C15H15NO3S/c1-11(17)14-6-5-13(20-14)8-9-16-15(18)7-4-12-3-2-10-19-12/h2-7,10H,8-9H2,1H3,(H,16,18). The second kappa shape index (κ2) is 6.86. The van der Waals surface area contributed by atoms with Crippen LogP contribution in [0.1, 0.15) is 27.2 Å². The lowest BCUT2D eigenvalue weighted by Crippen LogP contribution is -2.23. The average Bonchev–Trinajstić information content (AvgIpc) is 3.07. The molecule has 0 atom stereocenters. The van der Waals surface area contributed by atoms with Gasteiger partial charge in [-0.1, -0.05) is 0 Å². The van der Waals surface area contributed by atoms with Gasteiger partial charge < -0.3 is 9.73 Å². The maximum atomic E-state index is 11.6. The molecule has 0 aliphatic rings. The van der Waals surface area contributed by atoms with Crippen molar-refractivity contribution >= 4 is 29.1 Å². The van der Waals surface area contributed by atoms with Crippen molar-refractivity contribution in [2.75, 3.05) is 6.54 Å². The van der Waals surface area contributed by atoms with Crippen molar-refractivity contribution in [1.82, 2.24) is 5.32 Å². The van der Waals surface area contributed by atoms with Crippen LogP contribution in [0.4, 0.5) is 0 Å². The van der Waals surface area contributed by atoms with Crippen molar-refractivity contribution in [2.24, 2.45) is 0 Å². The number of furan rings is 1. The summed E-state index contributed by atoms with van der Waals surface area (Å²) >= 11 is 1.47. The molecule has 0 aliphatic carbocycles. The number of ketones is 1. The maximum absolute atomic E-state index is 11.6. The van der Waals surface area contributed by atoms with Crippen LogP contribution in [-0.2, 0) is 11.2 Å². The molecule has 0 bridgehead atoms. The van der Waals surface area contributed by atoms with Crippen LogP contribution >= 0.6 is 11.3 Å². The second-order valence-corrected chi connectivity index (χ2v) is 5.38. The van der Waals surface area contributed by atoms with E-state index in [0.29, 0.717) is 12.3 Å². The zero-order valence-electron chi connectivity index (χ0n) is 11.1. The molecule has 1 N–H and O–H groups in total. The molecule has 0 spiro atoms. The minimum absolute atomic E-state index is 0.0756. The van der Waals surface area contributed by atoms with E-state index in [1.807, 2.05) is 12.1 Å². The number of amides is 1. The first-order valence-electron chi connectivity index (χ1n) is 6.24. The minimum atomic E-state index is -0.162. The van der Waals surface area contributed by atoms with E-state index in [4.69, 9.17) is 4.42 Å². The number of carbonyl (C=O) groups excluding carboxylic acids is 2. The molecule has 0 unspecified atom stereocenters. The SMILES string of the molecule is CC(=O)c1ccc(CCNC(=O)C=Cc2ccco2)s1. The van der Waals surface area contributed by atoms with Crippen LogP contribution in [-0.4, -0.2) is 18.2 Å². The highest BCUT2D eigenvalue weighted by Crippen LogP contribution is 2.17. The Kier molecular flexibility index (Phi) is 4.90. The number of Topliss-reactive ketones (excluding diaryl/α,β-unsaturated/α-hetero) is 1. The first-order valence-corrected chi connectivity index (χ1v) is 7.06. The Labute approximate surface area is 121 Å². The summed E-state index contributed by atoms with van der Waals surface area (Å²) in [6.07, 6.45) is 5.34. The summed E-state index contributed by atoms with van der Waals surface area (Å²) in [7, 11) is 0. The van der Waals surface area contributed by atoms with Gasteiger partial charge >= 0.3 is 0 Å². The Balaban J connectivity index is 1.75. The molecule has 2 aromatic heterocycles. The third-order valence-corrected chi connectivity index (χ3v) is 3.87. The average molecular weight is 289 g/mol. The Morgan fingerprint density at radius 3 is 2.85 bits per heavy atom. The molecule has 0 fully saturated rings. The van der Waals surface area contributed by atoms with Gasteiger partial charge in [0.25, 0.3) is 0 Å². The Hall–Kier alpha value is -2.14. The van der Waals surface area contributed by atoms with Crippen molar-refractivity contribution in [3.8, 4) is 0 Å². The van der Waals surface area contributed by atoms with Crippen LogP contribution in [0.15, 0.2) is 41.0 Å². The Bertz CT molecular complexity index is 611. The fourth-order valence-corrected chi connectivity index (χ4v) is 2.52. The third kappa shape index (κ3) is 4.20. The molecule has 4 nitrogen and oxygen atoms in total. The normalized spacial score (nSPS) is 10.8. The molecule has 0 saturated heterocycles. The number of hydrogen-bond donors (Lipinski definition) is 1. The van der Waals surface area contributed by atoms with E-state index in [2.05, 4.69) is 5.32 Å². The quantitative estimate of drug-likeness (QED) is 0.657. The van der Waals surface area contributed by atoms with Crippen molar-refractivity contribution < 1.29 is 14.0 Å². The molecule has 0 aromatic carbocycles. The third-order valence-electron chi connectivity index (χ3n) is 2.62. The van der Waals surface area contributed by atoms with Crippen LogP contribution < -0.4 is 5.32 Å². The van der Waals surface area contributed by atoms with Crippen molar-refractivity contribution in [3.05, 3.63) is 52.1 Å². The first-order chi connectivity index (χ1) is 9.65. The Morgan fingerprint density at radius 2 is 2.20 bits per heavy atom. The zero-order chi connectivity index (χ0) is 14.4. The van der Waals surface area contributed by atoms with Crippen molar-refractivity contribution in [2.45, 2.75) is 13.3 Å². The number of thiophene rings is 1. The lowest BCUT2D eigenvalue weighted by molar-refractivity contribution is -0.116. The van der Waals surface area contributed by atoms with Crippen LogP contribution in [0.25, 0.3) is 6.08 Å². The van der Waals surface area contributed by atoms with Crippen molar-refractivity contribution in [1.29, 1.82) is 0 Å². The highest BCUT2D eigenvalue weighted by molar-refractivity contribution is 7.14. The van der Waals surface area contributed by atoms with Gasteiger partial charge in [0, 0.05) is 17.5 Å². The summed E-state index contributed by atoms with van der Waals surface area (Å²) in [5.74, 6) is 0.556. The van der Waals surface area contributed by atoms with Gasteiger partial charge in [0.15, 0.2) is 5.78 Å². The molecule has 20 heavy (non-hydrogen) atoms. The minimum Gasteiger partial charge on any atom is -0.465 e. The molecule has 5 heteroatoms. The van der Waals surface area contributed by atoms with E-state index >= 15 is 0 Å². The summed E-state index contributed by atoms with van der Waals surface area (Å²) in [4.78, 5) is 24.6. The second-order valence-electron chi connectivity index (χ2n) is 4.21. The summed E-state index contributed by atoms with van der Waals surface area (Å²) in [6, 6.07) is 7.28. The van der Waals surface area contributed by atoms with Gasteiger partial charge in [0.2, 0.25) is 5.91 Å². The molecule has 104 valence electrons. The lowest BCUT2D eigenvalue weighted by Gasteiger charge is -1.99. The molecule has 2 heterocycles. The van der Waals surface area contributed by atoms with Gasteiger partial charge in [-0.2, -0.15) is 0 Å². The van der Waals surface area contributed by atoms with Gasteiger partial charge in [-0.15, -0.1) is 11.3 Å². The predicted octanol–water partition coefficient (Wildman–Crippen LogP) is 2.92. The largest absolute Gasteiger partial charge is 0.465 e. The topological polar surface area (TPSA) is 59.3 Å². The smallest absolute Gasteiger partial charge is 0.244 e. The molecular weight excluding hydrogens is 274 g/mol. The van der Waals surface area contributed by atoms with E-state index in [1.54, 1.807) is 31.4 Å². The van der Waals surface area contributed by atoms with E-state index in [0.717, 1.165) is 16.2 Å². The van der Waals surface area contributed by atoms with E-state index in [9.17, 15) is 9.59 Å². The number of nitrogens with one attached hydrogen (secondary N) is 1. The number of carbonyl (C=O) groups is 2. The molecule has 0 saturated carbocycles. The van der Waals surface area contributed by atoms with E-state index < -0.39 is 0 Å². The van der Waals surface area contributed by atoms with Crippen molar-refractivity contribution in [3.63, 3.8) is 0 Å². The van der Waals surface area contributed by atoms with Gasteiger partial charge in [-0.05, 0) is 43.7 Å². The fraction of sp³-hybridized carbons (Fsp3) is 0.200. The molecule has 2 aromatic rings. The van der Waals surface area contributed by atoms with Crippen LogP contribution in [0.5, 0.6) is 0 Å². The van der Waals surface area contributed by atoms with Gasteiger partial charge in [-0.3, -0.25) is 9.59 Å². The van der Waals surface area contributed by atoms with Gasteiger partial charge in [0.05, 0.1) is 11.1 Å². The summed E-state index contributed by atoms with van der Waals surface area (Å²) in [6.45, 7) is 2.09. The summed E-state index contributed by atoms with van der Waals surface area (Å²) < 4.78 is 5.09. The highest BCUT2D eigenvalue weighted by atomic mass is 32.1. The molecule has 0 radical (unpaired) electrons. The van der Waals surface area contributed by atoms with Gasteiger partial charge in [-0.25, -0.2) is 0 Å². The Morgan fingerprint density at radius 1 is 1.35 bits per heavy atom. The highest BCUT2D eigenvalue weighted by Gasteiger charge is 2.04. The van der Waals surface area contributed by atoms with E-state index in [-0.39, 0.29) is 11.7 Å². The van der Waals surface area contributed by atoms with Crippen LogP contribution in [0.2, 0.25) is 0 Å². The van der Waals surface area contributed by atoms with Crippen LogP contribution in [0, 0.1) is 0 Å².